The SMILES string of the molecule is COCCNCCCCCCc1ccc(F)c(C)c1. The molecular formula is C16H26FNO. The van der Waals surface area contributed by atoms with Crippen LogP contribution in [0, 0.1) is 12.7 Å². The van der Waals surface area contributed by atoms with Crippen LogP contribution in [-0.2, 0) is 11.2 Å². The van der Waals surface area contributed by atoms with E-state index in [1.54, 1.807) is 13.2 Å². The zero-order valence-electron chi connectivity index (χ0n) is 12.2. The predicted molar refractivity (Wildman–Crippen MR) is 78.1 cm³/mol. The molecule has 19 heavy (non-hydrogen) atoms. The summed E-state index contributed by atoms with van der Waals surface area (Å²) in [6, 6.07) is 5.43. The maximum atomic E-state index is 13.1. The topological polar surface area (TPSA) is 21.3 Å². The van der Waals surface area contributed by atoms with Crippen LogP contribution in [0.2, 0.25) is 0 Å². The number of nitrogens with one attached hydrogen (secondary N) is 1. The van der Waals surface area contributed by atoms with Gasteiger partial charge in [0.25, 0.3) is 0 Å². The van der Waals surface area contributed by atoms with Crippen molar-refractivity contribution >= 4 is 0 Å². The number of hydrogen-bond acceptors (Lipinski definition) is 2. The first-order valence-electron chi connectivity index (χ1n) is 7.18. The normalized spacial score (nSPS) is 10.9. The van der Waals surface area contributed by atoms with Crippen molar-refractivity contribution in [3.05, 3.63) is 35.1 Å². The molecule has 0 atom stereocenters. The Hall–Kier alpha value is -0.930. The van der Waals surface area contributed by atoms with Gasteiger partial charge in [0.15, 0.2) is 0 Å². The number of rotatable bonds is 10. The lowest BCUT2D eigenvalue weighted by Gasteiger charge is -2.05. The minimum atomic E-state index is -0.106. The fraction of sp³-hybridized carbons (Fsp3) is 0.625. The summed E-state index contributed by atoms with van der Waals surface area (Å²) < 4.78 is 18.1. The summed E-state index contributed by atoms with van der Waals surface area (Å²) in [7, 11) is 1.72. The van der Waals surface area contributed by atoms with Crippen molar-refractivity contribution in [2.24, 2.45) is 0 Å². The van der Waals surface area contributed by atoms with E-state index < -0.39 is 0 Å². The zero-order valence-corrected chi connectivity index (χ0v) is 12.2. The Balaban J connectivity index is 2.00. The van der Waals surface area contributed by atoms with Gasteiger partial charge in [0.1, 0.15) is 5.82 Å². The van der Waals surface area contributed by atoms with Gasteiger partial charge in [-0.1, -0.05) is 25.0 Å². The molecule has 0 fully saturated rings. The molecule has 0 spiro atoms. The summed E-state index contributed by atoms with van der Waals surface area (Å²) >= 11 is 0. The van der Waals surface area contributed by atoms with Crippen molar-refractivity contribution in [2.45, 2.75) is 39.0 Å². The van der Waals surface area contributed by atoms with E-state index >= 15 is 0 Å². The maximum absolute atomic E-state index is 13.1. The molecule has 1 aromatic carbocycles. The third-order valence-electron chi connectivity index (χ3n) is 3.27. The third kappa shape index (κ3) is 7.28. The van der Waals surface area contributed by atoms with Crippen molar-refractivity contribution < 1.29 is 9.13 Å². The highest BCUT2D eigenvalue weighted by atomic mass is 19.1. The molecular weight excluding hydrogens is 241 g/mol. The van der Waals surface area contributed by atoms with Crippen LogP contribution in [0.4, 0.5) is 4.39 Å². The van der Waals surface area contributed by atoms with Crippen LogP contribution in [0.15, 0.2) is 18.2 Å². The summed E-state index contributed by atoms with van der Waals surface area (Å²) in [4.78, 5) is 0. The number of aryl methyl sites for hydroxylation is 2. The first kappa shape index (κ1) is 16.1. The highest BCUT2D eigenvalue weighted by Crippen LogP contribution is 2.12. The largest absolute Gasteiger partial charge is 0.383 e. The summed E-state index contributed by atoms with van der Waals surface area (Å²) in [6.45, 7) is 4.61. The van der Waals surface area contributed by atoms with Gasteiger partial charge >= 0.3 is 0 Å². The van der Waals surface area contributed by atoms with Crippen molar-refractivity contribution in [2.75, 3.05) is 26.8 Å². The molecule has 1 aromatic rings. The van der Waals surface area contributed by atoms with Crippen molar-refractivity contribution in [3.8, 4) is 0 Å². The molecule has 0 aromatic heterocycles. The quantitative estimate of drug-likeness (QED) is 0.655. The standard InChI is InChI=1S/C16H26FNO/c1-14-13-15(8-9-16(14)17)7-5-3-4-6-10-18-11-12-19-2/h8-9,13,18H,3-7,10-12H2,1-2H3. The molecule has 0 saturated heterocycles. The first-order valence-corrected chi connectivity index (χ1v) is 7.18. The van der Waals surface area contributed by atoms with Crippen molar-refractivity contribution in [3.63, 3.8) is 0 Å². The maximum Gasteiger partial charge on any atom is 0.126 e. The lowest BCUT2D eigenvalue weighted by Crippen LogP contribution is -2.20. The lowest BCUT2D eigenvalue weighted by atomic mass is 10.0. The molecule has 0 saturated carbocycles. The molecule has 0 aliphatic rings. The average Bonchev–Trinajstić information content (AvgIpc) is 2.41. The minimum absolute atomic E-state index is 0.106. The number of hydrogen-bond donors (Lipinski definition) is 1. The van der Waals surface area contributed by atoms with Gasteiger partial charge in [-0.15, -0.1) is 0 Å². The highest BCUT2D eigenvalue weighted by Gasteiger charge is 1.99. The van der Waals surface area contributed by atoms with Crippen LogP contribution >= 0.6 is 0 Å². The van der Waals surface area contributed by atoms with Crippen LogP contribution in [0.25, 0.3) is 0 Å². The zero-order chi connectivity index (χ0) is 13.9. The number of ether oxygens (including phenoxy) is 1. The Morgan fingerprint density at radius 1 is 1.11 bits per heavy atom. The van der Waals surface area contributed by atoms with Crippen molar-refractivity contribution in [1.29, 1.82) is 0 Å². The second kappa shape index (κ2) is 9.93. The third-order valence-corrected chi connectivity index (χ3v) is 3.27. The summed E-state index contributed by atoms with van der Waals surface area (Å²) in [5, 5.41) is 3.34. The van der Waals surface area contributed by atoms with Gasteiger partial charge < -0.3 is 10.1 Å². The van der Waals surface area contributed by atoms with E-state index in [0.29, 0.717) is 0 Å². The van der Waals surface area contributed by atoms with Gasteiger partial charge in [-0.2, -0.15) is 0 Å². The monoisotopic (exact) mass is 267 g/mol. The van der Waals surface area contributed by atoms with Crippen LogP contribution in [0.3, 0.4) is 0 Å². The average molecular weight is 267 g/mol. The Morgan fingerprint density at radius 3 is 2.63 bits per heavy atom. The molecule has 108 valence electrons. The number of methoxy groups -OCH3 is 1. The van der Waals surface area contributed by atoms with Gasteiger partial charge in [0.05, 0.1) is 6.61 Å². The lowest BCUT2D eigenvalue weighted by molar-refractivity contribution is 0.199. The van der Waals surface area contributed by atoms with E-state index in [9.17, 15) is 4.39 Å². The van der Waals surface area contributed by atoms with Gasteiger partial charge in [0.2, 0.25) is 0 Å². The Morgan fingerprint density at radius 2 is 1.89 bits per heavy atom. The molecule has 0 amide bonds. The molecule has 0 unspecified atom stereocenters. The fourth-order valence-corrected chi connectivity index (χ4v) is 2.09. The predicted octanol–water partition coefficient (Wildman–Crippen LogP) is 3.47. The second-order valence-electron chi connectivity index (χ2n) is 4.99. The summed E-state index contributed by atoms with van der Waals surface area (Å²) in [5.74, 6) is -0.106. The minimum Gasteiger partial charge on any atom is -0.383 e. The Labute approximate surface area is 116 Å². The van der Waals surface area contributed by atoms with Crippen LogP contribution in [0.5, 0.6) is 0 Å². The van der Waals surface area contributed by atoms with Crippen LogP contribution < -0.4 is 5.32 Å². The van der Waals surface area contributed by atoms with Crippen LogP contribution in [0.1, 0.15) is 36.8 Å². The molecule has 0 heterocycles. The van der Waals surface area contributed by atoms with E-state index in [1.807, 2.05) is 19.1 Å². The molecule has 0 aliphatic heterocycles. The van der Waals surface area contributed by atoms with E-state index in [1.165, 1.54) is 31.2 Å². The Kier molecular flexibility index (Phi) is 8.43. The number of benzene rings is 1. The van der Waals surface area contributed by atoms with E-state index in [2.05, 4.69) is 5.32 Å². The fourth-order valence-electron chi connectivity index (χ4n) is 2.09. The van der Waals surface area contributed by atoms with Gasteiger partial charge in [-0.25, -0.2) is 4.39 Å². The van der Waals surface area contributed by atoms with E-state index in [4.69, 9.17) is 4.74 Å². The first-order chi connectivity index (χ1) is 9.24. The van der Waals surface area contributed by atoms with E-state index in [0.717, 1.165) is 31.7 Å². The van der Waals surface area contributed by atoms with Crippen molar-refractivity contribution in [1.82, 2.24) is 5.32 Å². The van der Waals surface area contributed by atoms with Gasteiger partial charge in [0, 0.05) is 13.7 Å². The summed E-state index contributed by atoms with van der Waals surface area (Å²) in [5.41, 5.74) is 2.00. The molecule has 0 aliphatic carbocycles. The molecule has 0 radical (unpaired) electrons. The van der Waals surface area contributed by atoms with Gasteiger partial charge in [-0.05, 0) is 49.9 Å². The molecule has 0 bridgehead atoms. The van der Waals surface area contributed by atoms with Gasteiger partial charge in [-0.3, -0.25) is 0 Å². The van der Waals surface area contributed by atoms with E-state index in [-0.39, 0.29) is 5.82 Å². The smallest absolute Gasteiger partial charge is 0.126 e. The van der Waals surface area contributed by atoms with Crippen LogP contribution in [-0.4, -0.2) is 26.8 Å². The number of halogens is 1. The summed E-state index contributed by atoms with van der Waals surface area (Å²) in [6.07, 6.45) is 5.94. The second-order valence-corrected chi connectivity index (χ2v) is 4.99. The molecule has 1 N–H and O–H groups in total. The molecule has 2 nitrogen and oxygen atoms in total. The molecule has 1 rings (SSSR count). The molecule has 3 heteroatoms. The Bertz CT molecular complexity index is 355. The highest BCUT2D eigenvalue weighted by molar-refractivity contribution is 5.23. The number of unbranched alkanes of at least 4 members (excludes halogenated alkanes) is 3.